The van der Waals surface area contributed by atoms with Gasteiger partial charge in [0, 0.05) is 19.0 Å². The summed E-state index contributed by atoms with van der Waals surface area (Å²) >= 11 is 0. The van der Waals surface area contributed by atoms with E-state index in [1.54, 1.807) is 4.98 Å². The van der Waals surface area contributed by atoms with Gasteiger partial charge in [0.15, 0.2) is 0 Å². The van der Waals surface area contributed by atoms with Gasteiger partial charge in [-0.2, -0.15) is 9.37 Å². The maximum Gasteiger partial charge on any atom is 0.472 e. The topological polar surface area (TPSA) is 213 Å². The van der Waals surface area contributed by atoms with E-state index in [1.807, 2.05) is 0 Å². The number of aliphatic hydroxyl groups is 1. The van der Waals surface area contributed by atoms with Crippen molar-refractivity contribution in [2.45, 2.75) is 147 Å². The molecule has 292 valence electrons. The number of nitrogens with zero attached hydrogens (tertiary/aromatic N) is 3. The predicted molar refractivity (Wildman–Crippen MR) is 188 cm³/mol. The van der Waals surface area contributed by atoms with E-state index in [0.29, 0.717) is 25.5 Å². The summed E-state index contributed by atoms with van der Waals surface area (Å²) in [5.74, 6) is -1.30. The molecule has 18 heteroatoms. The summed E-state index contributed by atoms with van der Waals surface area (Å²) in [6, 6.07) is 1.51. The minimum Gasteiger partial charge on any atom is -0.394 e. The van der Waals surface area contributed by atoms with Gasteiger partial charge < -0.3 is 24.8 Å². The predicted octanol–water partition coefficient (Wildman–Crippen LogP) is 4.81. The van der Waals surface area contributed by atoms with Crippen molar-refractivity contribution < 1.29 is 42.3 Å². The lowest BCUT2D eigenvalue weighted by atomic mass is 10.0. The minimum atomic E-state index is -4.75. The number of aromatic nitrogens is 4. The largest absolute Gasteiger partial charge is 0.472 e. The van der Waals surface area contributed by atoms with Gasteiger partial charge in [-0.3, -0.25) is 32.8 Å². The van der Waals surface area contributed by atoms with E-state index < -0.39 is 68.0 Å². The van der Waals surface area contributed by atoms with Crippen molar-refractivity contribution in [1.82, 2.24) is 19.1 Å². The van der Waals surface area contributed by atoms with Crippen molar-refractivity contribution in [3.8, 4) is 0 Å². The summed E-state index contributed by atoms with van der Waals surface area (Å²) in [5, 5.41) is 12.4. The number of aromatic amines is 1. The first-order valence-corrected chi connectivity index (χ1v) is 20.0. The molecule has 2 fully saturated rings. The average Bonchev–Trinajstić information content (AvgIpc) is 3.74. The zero-order valence-corrected chi connectivity index (χ0v) is 30.7. The Hall–Kier alpha value is -3.05. The number of carbonyl (C=O) groups excluding carboxylic acids is 1. The maximum atomic E-state index is 13.8. The fourth-order valence-corrected chi connectivity index (χ4v) is 7.40. The van der Waals surface area contributed by atoms with Crippen LogP contribution in [-0.2, 0) is 27.9 Å². The highest BCUT2D eigenvalue weighted by Gasteiger charge is 2.42. The number of halogens is 1. The highest BCUT2D eigenvalue weighted by atomic mass is 31.2. The molecule has 6 unspecified atom stereocenters. The van der Waals surface area contributed by atoms with Crippen molar-refractivity contribution >= 4 is 19.5 Å². The third-order valence-corrected chi connectivity index (χ3v) is 10.3. The average molecular weight is 758 g/mol. The van der Waals surface area contributed by atoms with Crippen molar-refractivity contribution in [3.63, 3.8) is 0 Å². The molecule has 0 aliphatic carbocycles. The molecule has 2 aromatic rings. The number of phosphoric ester groups is 1. The quantitative estimate of drug-likeness (QED) is 0.0888. The van der Waals surface area contributed by atoms with Crippen molar-refractivity contribution in [3.05, 3.63) is 55.6 Å². The first-order valence-electron chi connectivity index (χ1n) is 18.5. The number of H-pyrrole nitrogens is 1. The van der Waals surface area contributed by atoms with Crippen LogP contribution < -0.4 is 22.3 Å². The van der Waals surface area contributed by atoms with Crippen LogP contribution in [0.4, 0.5) is 10.2 Å². The van der Waals surface area contributed by atoms with Crippen LogP contribution in [-0.4, -0.2) is 66.5 Å². The molecule has 2 aromatic heterocycles. The van der Waals surface area contributed by atoms with Crippen LogP contribution >= 0.6 is 7.82 Å². The van der Waals surface area contributed by atoms with Gasteiger partial charge in [0.2, 0.25) is 11.7 Å². The van der Waals surface area contributed by atoms with Crippen LogP contribution in [0.5, 0.6) is 0 Å². The van der Waals surface area contributed by atoms with E-state index in [9.17, 15) is 38.1 Å². The molecule has 16 nitrogen and oxygen atoms in total. The van der Waals surface area contributed by atoms with Crippen LogP contribution in [0.3, 0.4) is 0 Å². The summed E-state index contributed by atoms with van der Waals surface area (Å²) in [7, 11) is -4.75. The van der Waals surface area contributed by atoms with Crippen molar-refractivity contribution in [2.75, 3.05) is 18.5 Å². The van der Waals surface area contributed by atoms with E-state index in [1.165, 1.54) is 81.0 Å². The highest BCUT2D eigenvalue weighted by molar-refractivity contribution is 7.47. The van der Waals surface area contributed by atoms with Gasteiger partial charge in [-0.25, -0.2) is 14.2 Å². The fraction of sp³-hybridized carbons (Fsp3) is 0.735. The summed E-state index contributed by atoms with van der Waals surface area (Å²) in [6.07, 6.45) is 13.8. The van der Waals surface area contributed by atoms with E-state index in [2.05, 4.69) is 17.2 Å². The molecule has 0 saturated carbocycles. The van der Waals surface area contributed by atoms with Crippen molar-refractivity contribution in [1.29, 1.82) is 0 Å². The molecular weight excluding hydrogens is 704 g/mol. The van der Waals surface area contributed by atoms with Gasteiger partial charge in [-0.1, -0.05) is 84.0 Å². The number of amides is 1. The molecule has 0 radical (unpaired) electrons. The van der Waals surface area contributed by atoms with Crippen LogP contribution in [0.25, 0.3) is 0 Å². The van der Waals surface area contributed by atoms with Gasteiger partial charge in [-0.05, 0) is 25.3 Å². The molecule has 6 atom stereocenters. The van der Waals surface area contributed by atoms with Gasteiger partial charge in [0.05, 0.1) is 25.5 Å². The fourth-order valence-electron chi connectivity index (χ4n) is 6.42. The molecule has 4 N–H and O–H groups in total. The number of carbonyl (C=O) groups is 1. The number of unbranched alkanes of at least 4 members (excludes halogenated alkanes) is 12. The number of aliphatic hydroxyl groups excluding tert-OH is 1. The smallest absolute Gasteiger partial charge is 0.394 e. The van der Waals surface area contributed by atoms with E-state index in [4.69, 9.17) is 18.5 Å². The Morgan fingerprint density at radius 2 is 1.65 bits per heavy atom. The molecular formula is C34H53FN5O11P. The molecule has 2 saturated heterocycles. The lowest BCUT2D eigenvalue weighted by molar-refractivity contribution is -0.116. The standard InChI is InChI=1S/C34H53FN5O11P/c1-2-3-4-5-6-7-8-9-10-11-12-13-14-15-29(42)36-28-18-19-39(33(44)37-28)30-17-16-24(49-30)23-48-52(46,47)51-26-20-31(50-27(26)22-41)40-21-25(35)32(43)38-34(40)45/h18-19,21,24,26-27,30-31,41H,2-17,20,22-23H2,1H3,(H,46,47)(H,38,43,45)(H,36,37,42,44). The molecule has 2 aliphatic heterocycles. The lowest BCUT2D eigenvalue weighted by Crippen LogP contribution is -2.34. The Labute approximate surface area is 301 Å². The van der Waals surface area contributed by atoms with Gasteiger partial charge in [-0.15, -0.1) is 0 Å². The van der Waals surface area contributed by atoms with Gasteiger partial charge in [0.1, 0.15) is 30.5 Å². The molecule has 0 spiro atoms. The number of hydrogen-bond acceptors (Lipinski definition) is 11. The molecule has 1 amide bonds. The molecule has 52 heavy (non-hydrogen) atoms. The minimum absolute atomic E-state index is 0.145. The molecule has 0 aromatic carbocycles. The lowest BCUT2D eigenvalue weighted by Gasteiger charge is -2.21. The number of ether oxygens (including phenoxy) is 2. The van der Waals surface area contributed by atoms with Gasteiger partial charge in [0.25, 0.3) is 5.56 Å². The zero-order valence-electron chi connectivity index (χ0n) is 29.8. The Balaban J connectivity index is 1.13. The SMILES string of the molecule is CCCCCCCCCCCCCCCC(=O)Nc1ccn(C2CCC(COP(=O)(O)OC3CC(n4cc(F)c(=O)[nH]c4=O)OC3CO)O2)c(=O)n1. The van der Waals surface area contributed by atoms with Crippen LogP contribution in [0.15, 0.2) is 32.8 Å². The first kappa shape index (κ1) is 41.7. The number of nitrogens with one attached hydrogen (secondary N) is 2. The number of rotatable bonds is 23. The third kappa shape index (κ3) is 13.1. The molecule has 4 rings (SSSR count). The molecule has 2 aliphatic rings. The number of phosphoric acid groups is 1. The Morgan fingerprint density at radius 1 is 1.00 bits per heavy atom. The second-order valence-corrected chi connectivity index (χ2v) is 14.8. The zero-order chi connectivity index (χ0) is 37.5. The van der Waals surface area contributed by atoms with Crippen LogP contribution in [0.1, 0.15) is 129 Å². The molecule has 0 bridgehead atoms. The second-order valence-electron chi connectivity index (χ2n) is 13.4. The summed E-state index contributed by atoms with van der Waals surface area (Å²) in [6.45, 7) is 1.21. The highest BCUT2D eigenvalue weighted by Crippen LogP contribution is 2.49. The van der Waals surface area contributed by atoms with Crippen molar-refractivity contribution in [2.24, 2.45) is 0 Å². The normalized spacial score (nSPS) is 22.8. The molecule has 4 heterocycles. The van der Waals surface area contributed by atoms with E-state index in [-0.39, 0.29) is 24.8 Å². The monoisotopic (exact) mass is 757 g/mol. The van der Waals surface area contributed by atoms with Crippen LogP contribution in [0, 0.1) is 5.82 Å². The number of hydrogen-bond donors (Lipinski definition) is 4. The Kier molecular flexibility index (Phi) is 16.8. The first-order chi connectivity index (χ1) is 25.0. The summed E-state index contributed by atoms with van der Waals surface area (Å²) < 4.78 is 50.2. The van der Waals surface area contributed by atoms with E-state index >= 15 is 0 Å². The summed E-state index contributed by atoms with van der Waals surface area (Å²) in [4.78, 5) is 64.7. The summed E-state index contributed by atoms with van der Waals surface area (Å²) in [5.41, 5.74) is -2.82. The Bertz CT molecular complexity index is 1650. The van der Waals surface area contributed by atoms with Crippen LogP contribution in [0.2, 0.25) is 0 Å². The third-order valence-electron chi connectivity index (χ3n) is 9.29. The second kappa shape index (κ2) is 21.0. The maximum absolute atomic E-state index is 13.8. The Morgan fingerprint density at radius 3 is 2.29 bits per heavy atom. The van der Waals surface area contributed by atoms with Gasteiger partial charge >= 0.3 is 19.2 Å². The van der Waals surface area contributed by atoms with E-state index in [0.717, 1.165) is 23.8 Å². The number of anilines is 1.